The van der Waals surface area contributed by atoms with Crippen LogP contribution in [0.25, 0.3) is 22.0 Å². The van der Waals surface area contributed by atoms with Gasteiger partial charge in [0.25, 0.3) is 0 Å². The summed E-state index contributed by atoms with van der Waals surface area (Å²) in [5.41, 5.74) is 2.92. The molecule has 90 valence electrons. The highest BCUT2D eigenvalue weighted by molar-refractivity contribution is 5.84. The van der Waals surface area contributed by atoms with Crippen LogP contribution < -0.4 is 0 Å². The van der Waals surface area contributed by atoms with Gasteiger partial charge in [-0.3, -0.25) is 9.67 Å². The van der Waals surface area contributed by atoms with Crippen molar-refractivity contribution in [3.8, 4) is 16.9 Å². The maximum atomic E-state index is 9.49. The molecule has 0 aliphatic carbocycles. The van der Waals surface area contributed by atoms with Gasteiger partial charge in [0.1, 0.15) is 5.75 Å². The lowest BCUT2D eigenvalue weighted by Crippen LogP contribution is -1.92. The van der Waals surface area contributed by atoms with Gasteiger partial charge in [0.2, 0.25) is 0 Å². The van der Waals surface area contributed by atoms with E-state index in [0.29, 0.717) is 0 Å². The van der Waals surface area contributed by atoms with Crippen molar-refractivity contribution in [2.75, 3.05) is 0 Å². The molecule has 0 aliphatic heterocycles. The number of aromatic nitrogens is 3. The molecule has 3 rings (SSSR count). The van der Waals surface area contributed by atoms with E-state index in [1.54, 1.807) is 12.1 Å². The molecule has 4 heteroatoms. The van der Waals surface area contributed by atoms with Crippen molar-refractivity contribution in [2.24, 2.45) is 0 Å². The van der Waals surface area contributed by atoms with Crippen LogP contribution in [0.15, 0.2) is 42.9 Å². The van der Waals surface area contributed by atoms with Crippen LogP contribution in [-0.4, -0.2) is 19.9 Å². The van der Waals surface area contributed by atoms with E-state index in [1.807, 2.05) is 42.3 Å². The average molecular weight is 239 g/mol. The number of fused-ring (bicyclic) bond motifs is 1. The average Bonchev–Trinajstić information content (AvgIpc) is 2.86. The minimum atomic E-state index is 0.255. The molecule has 0 radical (unpaired) electrons. The van der Waals surface area contributed by atoms with Crippen molar-refractivity contribution in [3.05, 3.63) is 42.9 Å². The second-order valence-corrected chi connectivity index (χ2v) is 4.19. The Hall–Kier alpha value is -2.36. The molecule has 0 aliphatic rings. The lowest BCUT2D eigenvalue weighted by molar-refractivity contribution is 0.476. The molecule has 0 saturated heterocycles. The maximum Gasteiger partial charge on any atom is 0.116 e. The Morgan fingerprint density at radius 3 is 2.83 bits per heavy atom. The topological polar surface area (TPSA) is 50.9 Å². The standard InChI is InChI=1S/C14H13N3O/c1-2-17-9-12(8-16-17)11-5-10-6-13(18)3-4-14(10)15-7-11/h3-9,18H,2H2,1H3. The van der Waals surface area contributed by atoms with Gasteiger partial charge in [-0.15, -0.1) is 0 Å². The lowest BCUT2D eigenvalue weighted by atomic mass is 10.1. The lowest BCUT2D eigenvalue weighted by Gasteiger charge is -2.01. The molecule has 18 heavy (non-hydrogen) atoms. The van der Waals surface area contributed by atoms with E-state index in [1.165, 1.54) is 0 Å². The normalized spacial score (nSPS) is 10.9. The zero-order valence-electron chi connectivity index (χ0n) is 10.0. The summed E-state index contributed by atoms with van der Waals surface area (Å²) in [5.74, 6) is 0.255. The van der Waals surface area contributed by atoms with E-state index in [-0.39, 0.29) is 5.75 Å². The van der Waals surface area contributed by atoms with Gasteiger partial charge in [0.05, 0.1) is 11.7 Å². The van der Waals surface area contributed by atoms with Gasteiger partial charge in [0.15, 0.2) is 0 Å². The highest BCUT2D eigenvalue weighted by atomic mass is 16.3. The van der Waals surface area contributed by atoms with Crippen LogP contribution in [0, 0.1) is 0 Å². The number of rotatable bonds is 2. The summed E-state index contributed by atoms with van der Waals surface area (Å²) >= 11 is 0. The molecule has 1 aromatic carbocycles. The van der Waals surface area contributed by atoms with E-state index in [0.717, 1.165) is 28.6 Å². The molecular formula is C14H13N3O. The van der Waals surface area contributed by atoms with Gasteiger partial charge in [0, 0.05) is 35.5 Å². The van der Waals surface area contributed by atoms with Crippen molar-refractivity contribution in [1.29, 1.82) is 0 Å². The quantitative estimate of drug-likeness (QED) is 0.748. The molecular weight excluding hydrogens is 226 g/mol. The van der Waals surface area contributed by atoms with Crippen LogP contribution in [0.1, 0.15) is 6.92 Å². The maximum absolute atomic E-state index is 9.49. The van der Waals surface area contributed by atoms with Crippen LogP contribution in [0.2, 0.25) is 0 Å². The zero-order valence-corrected chi connectivity index (χ0v) is 10.0. The Kier molecular flexibility index (Phi) is 2.48. The molecule has 0 atom stereocenters. The first kappa shape index (κ1) is 10.8. The third kappa shape index (κ3) is 1.82. The molecule has 0 amide bonds. The Morgan fingerprint density at radius 1 is 1.17 bits per heavy atom. The highest BCUT2D eigenvalue weighted by Crippen LogP contribution is 2.24. The molecule has 0 bridgehead atoms. The molecule has 1 N–H and O–H groups in total. The van der Waals surface area contributed by atoms with E-state index in [9.17, 15) is 5.11 Å². The molecule has 2 heterocycles. The first-order valence-electron chi connectivity index (χ1n) is 5.88. The summed E-state index contributed by atoms with van der Waals surface area (Å²) < 4.78 is 1.88. The van der Waals surface area contributed by atoms with Crippen molar-refractivity contribution < 1.29 is 5.11 Å². The molecule has 2 aromatic heterocycles. The predicted octanol–water partition coefficient (Wildman–Crippen LogP) is 2.82. The fourth-order valence-electron chi connectivity index (χ4n) is 1.96. The summed E-state index contributed by atoms with van der Waals surface area (Å²) in [6.45, 7) is 2.90. The molecule has 0 spiro atoms. The van der Waals surface area contributed by atoms with Crippen LogP contribution in [0.5, 0.6) is 5.75 Å². The van der Waals surface area contributed by atoms with Crippen LogP contribution in [0.3, 0.4) is 0 Å². The third-order valence-electron chi connectivity index (χ3n) is 2.96. The monoisotopic (exact) mass is 239 g/mol. The number of hydrogen-bond acceptors (Lipinski definition) is 3. The van der Waals surface area contributed by atoms with Crippen LogP contribution in [0.4, 0.5) is 0 Å². The highest BCUT2D eigenvalue weighted by Gasteiger charge is 2.04. The Balaban J connectivity index is 2.12. The van der Waals surface area contributed by atoms with Gasteiger partial charge < -0.3 is 5.11 Å². The fraction of sp³-hybridized carbons (Fsp3) is 0.143. The largest absolute Gasteiger partial charge is 0.508 e. The van der Waals surface area contributed by atoms with Crippen molar-refractivity contribution in [2.45, 2.75) is 13.5 Å². The Bertz CT molecular complexity index is 703. The first-order chi connectivity index (χ1) is 8.76. The molecule has 0 unspecified atom stereocenters. The number of hydrogen-bond donors (Lipinski definition) is 1. The molecule has 3 aromatic rings. The first-order valence-corrected chi connectivity index (χ1v) is 5.88. The SMILES string of the molecule is CCn1cc(-c2cnc3ccc(O)cc3c2)cn1. The van der Waals surface area contributed by atoms with Gasteiger partial charge in [-0.1, -0.05) is 0 Å². The van der Waals surface area contributed by atoms with Crippen molar-refractivity contribution in [3.63, 3.8) is 0 Å². The Morgan fingerprint density at radius 2 is 2.06 bits per heavy atom. The molecule has 0 saturated carbocycles. The smallest absolute Gasteiger partial charge is 0.116 e. The van der Waals surface area contributed by atoms with Gasteiger partial charge in [-0.25, -0.2) is 0 Å². The summed E-state index contributed by atoms with van der Waals surface area (Å²) in [4.78, 5) is 4.39. The second kappa shape index (κ2) is 4.14. The van der Waals surface area contributed by atoms with Gasteiger partial charge >= 0.3 is 0 Å². The number of phenolic OH excluding ortho intramolecular Hbond substituents is 1. The summed E-state index contributed by atoms with van der Waals surface area (Å²) in [7, 11) is 0. The van der Waals surface area contributed by atoms with E-state index < -0.39 is 0 Å². The zero-order chi connectivity index (χ0) is 12.5. The van der Waals surface area contributed by atoms with E-state index >= 15 is 0 Å². The van der Waals surface area contributed by atoms with Crippen molar-refractivity contribution in [1.82, 2.24) is 14.8 Å². The van der Waals surface area contributed by atoms with E-state index in [4.69, 9.17) is 0 Å². The number of phenols is 1. The van der Waals surface area contributed by atoms with E-state index in [2.05, 4.69) is 10.1 Å². The van der Waals surface area contributed by atoms with Crippen LogP contribution in [-0.2, 0) is 6.54 Å². The summed E-state index contributed by atoms with van der Waals surface area (Å²) in [6.07, 6.45) is 5.65. The number of aryl methyl sites for hydroxylation is 1. The number of aromatic hydroxyl groups is 1. The minimum absolute atomic E-state index is 0.255. The third-order valence-corrected chi connectivity index (χ3v) is 2.96. The minimum Gasteiger partial charge on any atom is -0.508 e. The number of benzene rings is 1. The Labute approximate surface area is 105 Å². The fourth-order valence-corrected chi connectivity index (χ4v) is 1.96. The van der Waals surface area contributed by atoms with Gasteiger partial charge in [-0.05, 0) is 31.2 Å². The molecule has 4 nitrogen and oxygen atoms in total. The predicted molar refractivity (Wildman–Crippen MR) is 70.3 cm³/mol. The second-order valence-electron chi connectivity index (χ2n) is 4.19. The molecule has 0 fully saturated rings. The number of nitrogens with zero attached hydrogens (tertiary/aromatic N) is 3. The summed E-state index contributed by atoms with van der Waals surface area (Å²) in [5, 5.41) is 14.7. The number of pyridine rings is 1. The summed E-state index contributed by atoms with van der Waals surface area (Å²) in [6, 6.07) is 7.18. The van der Waals surface area contributed by atoms with Crippen molar-refractivity contribution >= 4 is 10.9 Å². The van der Waals surface area contributed by atoms with Gasteiger partial charge in [-0.2, -0.15) is 5.10 Å². The van der Waals surface area contributed by atoms with Crippen LogP contribution >= 0.6 is 0 Å².